The Hall–Kier alpha value is -1.22. The van der Waals surface area contributed by atoms with Gasteiger partial charge in [0, 0.05) is 18.6 Å². The van der Waals surface area contributed by atoms with Gasteiger partial charge in [-0.1, -0.05) is 13.0 Å². The predicted molar refractivity (Wildman–Crippen MR) is 97.5 cm³/mol. The van der Waals surface area contributed by atoms with Crippen LogP contribution >= 0.6 is 0 Å². The summed E-state index contributed by atoms with van der Waals surface area (Å²) < 4.78 is 0. The van der Waals surface area contributed by atoms with Crippen molar-refractivity contribution in [3.8, 4) is 0 Å². The van der Waals surface area contributed by atoms with Gasteiger partial charge in [0.25, 0.3) is 0 Å². The number of nitrogens with zero attached hydrogens (tertiary/aromatic N) is 1. The van der Waals surface area contributed by atoms with Gasteiger partial charge in [0.15, 0.2) is 0 Å². The zero-order valence-electron chi connectivity index (χ0n) is 14.8. The van der Waals surface area contributed by atoms with Crippen LogP contribution < -0.4 is 16.0 Å². The molecule has 1 aliphatic heterocycles. The zero-order valence-corrected chi connectivity index (χ0v) is 14.8. The van der Waals surface area contributed by atoms with Crippen LogP contribution in [0.25, 0.3) is 0 Å². The highest BCUT2D eigenvalue weighted by atomic mass is 15.1. The number of hydrogen-bond acceptors (Lipinski definition) is 3. The third kappa shape index (κ3) is 5.20. The van der Waals surface area contributed by atoms with E-state index in [1.165, 1.54) is 24.1 Å². The summed E-state index contributed by atoms with van der Waals surface area (Å²) in [6.07, 6.45) is 4.79. The van der Waals surface area contributed by atoms with Gasteiger partial charge in [-0.3, -0.25) is 0 Å². The fourth-order valence-electron chi connectivity index (χ4n) is 3.05. The Bertz CT molecular complexity index is 468. The molecule has 0 aliphatic carbocycles. The van der Waals surface area contributed by atoms with Gasteiger partial charge >= 0.3 is 0 Å². The molecule has 1 aromatic rings. The van der Waals surface area contributed by atoms with Gasteiger partial charge in [-0.25, -0.2) is 0 Å². The first kappa shape index (κ1) is 17.1. The van der Waals surface area contributed by atoms with E-state index in [0.29, 0.717) is 0 Å². The fraction of sp³-hybridized carbons (Fsp3) is 0.684. The van der Waals surface area contributed by atoms with Gasteiger partial charge in [0.2, 0.25) is 0 Å². The second-order valence-electron chi connectivity index (χ2n) is 7.84. The summed E-state index contributed by atoms with van der Waals surface area (Å²) in [6, 6.07) is 6.64. The summed E-state index contributed by atoms with van der Waals surface area (Å²) in [7, 11) is 0. The summed E-state index contributed by atoms with van der Waals surface area (Å²) in [6.45, 7) is 12.3. The number of aryl methyl sites for hydroxylation is 1. The molecule has 1 heterocycles. The van der Waals surface area contributed by atoms with Gasteiger partial charge in [-0.05, 0) is 76.6 Å². The van der Waals surface area contributed by atoms with Crippen molar-refractivity contribution >= 4 is 11.4 Å². The van der Waals surface area contributed by atoms with Gasteiger partial charge in [-0.15, -0.1) is 0 Å². The summed E-state index contributed by atoms with van der Waals surface area (Å²) >= 11 is 0. The van der Waals surface area contributed by atoms with E-state index in [1.807, 2.05) is 0 Å². The topological polar surface area (TPSA) is 41.3 Å². The molecule has 1 aliphatic rings. The summed E-state index contributed by atoms with van der Waals surface area (Å²) in [4.78, 5) is 2.44. The number of benzene rings is 1. The molecule has 0 bridgehead atoms. The van der Waals surface area contributed by atoms with Gasteiger partial charge < -0.3 is 16.0 Å². The smallest absolute Gasteiger partial charge is 0.0600 e. The molecule has 1 fully saturated rings. The molecule has 2 rings (SSSR count). The van der Waals surface area contributed by atoms with Crippen molar-refractivity contribution in [1.29, 1.82) is 0 Å². The number of nitrogens with one attached hydrogen (secondary N) is 1. The zero-order chi connectivity index (χ0) is 16.2. The first-order valence-corrected chi connectivity index (χ1v) is 8.73. The molecule has 1 saturated heterocycles. The van der Waals surface area contributed by atoms with E-state index in [2.05, 4.69) is 56.1 Å². The lowest BCUT2D eigenvalue weighted by Crippen LogP contribution is -2.36. The highest BCUT2D eigenvalue weighted by Crippen LogP contribution is 2.29. The van der Waals surface area contributed by atoms with E-state index >= 15 is 0 Å². The van der Waals surface area contributed by atoms with Crippen LogP contribution in [-0.2, 0) is 6.42 Å². The molecule has 22 heavy (non-hydrogen) atoms. The predicted octanol–water partition coefficient (Wildman–Crippen LogP) is 3.83. The van der Waals surface area contributed by atoms with Crippen molar-refractivity contribution in [3.05, 3.63) is 23.8 Å². The van der Waals surface area contributed by atoms with Crippen LogP contribution in [0.2, 0.25) is 0 Å². The van der Waals surface area contributed by atoms with Crippen LogP contribution in [0.15, 0.2) is 18.2 Å². The quantitative estimate of drug-likeness (QED) is 0.642. The second kappa shape index (κ2) is 7.36. The van der Waals surface area contributed by atoms with Gasteiger partial charge in [0.1, 0.15) is 0 Å². The molecular formula is C19H33N3. The number of piperidine rings is 1. The van der Waals surface area contributed by atoms with E-state index in [4.69, 9.17) is 5.73 Å². The number of anilines is 2. The third-order valence-corrected chi connectivity index (χ3v) is 4.51. The van der Waals surface area contributed by atoms with E-state index in [-0.39, 0.29) is 5.54 Å². The maximum Gasteiger partial charge on any atom is 0.0600 e. The molecule has 3 heteroatoms. The van der Waals surface area contributed by atoms with Crippen LogP contribution in [0, 0.1) is 5.92 Å². The Balaban J connectivity index is 1.87. The monoisotopic (exact) mass is 303 g/mol. The van der Waals surface area contributed by atoms with E-state index < -0.39 is 0 Å². The van der Waals surface area contributed by atoms with Crippen molar-refractivity contribution in [2.45, 2.75) is 58.9 Å². The number of nitrogen functional groups attached to an aromatic ring is 1. The van der Waals surface area contributed by atoms with Crippen molar-refractivity contribution in [3.63, 3.8) is 0 Å². The van der Waals surface area contributed by atoms with Crippen molar-refractivity contribution in [2.75, 3.05) is 30.3 Å². The molecule has 3 N–H and O–H groups in total. The average Bonchev–Trinajstić information content (AvgIpc) is 2.44. The minimum atomic E-state index is 0.203. The summed E-state index contributed by atoms with van der Waals surface area (Å²) in [5.74, 6) is 0.854. The van der Waals surface area contributed by atoms with Gasteiger partial charge in [0.05, 0.1) is 11.4 Å². The number of nitrogens with two attached hydrogens (primary N) is 1. The molecule has 3 nitrogen and oxygen atoms in total. The molecule has 0 atom stereocenters. The lowest BCUT2D eigenvalue weighted by molar-refractivity contribution is 0.422. The van der Waals surface area contributed by atoms with Gasteiger partial charge in [-0.2, -0.15) is 0 Å². The van der Waals surface area contributed by atoms with E-state index in [1.54, 1.807) is 0 Å². The lowest BCUT2D eigenvalue weighted by Gasteiger charge is -2.33. The van der Waals surface area contributed by atoms with Crippen LogP contribution in [-0.4, -0.2) is 25.2 Å². The molecule has 1 aromatic carbocycles. The Morgan fingerprint density at radius 1 is 1.23 bits per heavy atom. The molecule has 124 valence electrons. The summed E-state index contributed by atoms with van der Waals surface area (Å²) in [5, 5.41) is 3.53. The fourth-order valence-corrected chi connectivity index (χ4v) is 3.05. The van der Waals surface area contributed by atoms with Crippen molar-refractivity contribution in [1.82, 2.24) is 5.32 Å². The second-order valence-corrected chi connectivity index (χ2v) is 7.84. The number of rotatable bonds is 5. The van der Waals surface area contributed by atoms with Crippen molar-refractivity contribution in [2.24, 2.45) is 5.92 Å². The van der Waals surface area contributed by atoms with Crippen molar-refractivity contribution < 1.29 is 0 Å². The molecule has 0 saturated carbocycles. The highest BCUT2D eigenvalue weighted by molar-refractivity contribution is 5.68. The molecule has 0 unspecified atom stereocenters. The summed E-state index contributed by atoms with van der Waals surface area (Å²) in [5.41, 5.74) is 10.0. The Kier molecular flexibility index (Phi) is 5.74. The maximum atomic E-state index is 6.30. The Morgan fingerprint density at radius 2 is 1.91 bits per heavy atom. The maximum absolute atomic E-state index is 6.30. The van der Waals surface area contributed by atoms with Crippen LogP contribution in [0.3, 0.4) is 0 Å². The number of hydrogen-bond donors (Lipinski definition) is 2. The molecule has 0 aromatic heterocycles. The highest BCUT2D eigenvalue weighted by Gasteiger charge is 2.17. The molecule has 0 spiro atoms. The first-order chi connectivity index (χ1) is 10.3. The Labute approximate surface area is 136 Å². The first-order valence-electron chi connectivity index (χ1n) is 8.73. The molecule has 0 radical (unpaired) electrons. The van der Waals surface area contributed by atoms with Crippen LogP contribution in [0.5, 0.6) is 0 Å². The minimum absolute atomic E-state index is 0.203. The molecule has 0 amide bonds. The average molecular weight is 303 g/mol. The minimum Gasteiger partial charge on any atom is -0.397 e. The Morgan fingerprint density at radius 3 is 2.50 bits per heavy atom. The third-order valence-electron chi connectivity index (χ3n) is 4.51. The largest absolute Gasteiger partial charge is 0.397 e. The SMILES string of the molecule is CC1CCN(c2ccc(CCCNC(C)(C)C)cc2N)CC1. The lowest BCUT2D eigenvalue weighted by atomic mass is 9.98. The normalized spacial score (nSPS) is 17.0. The van der Waals surface area contributed by atoms with E-state index in [9.17, 15) is 0 Å². The van der Waals surface area contributed by atoms with E-state index in [0.717, 1.165) is 44.1 Å². The van der Waals surface area contributed by atoms with Crippen LogP contribution in [0.1, 0.15) is 52.5 Å². The molecular weight excluding hydrogens is 270 g/mol. The standard InChI is InChI=1S/C19H33N3/c1-15-9-12-22(13-10-15)18-8-7-16(14-17(18)20)6-5-11-21-19(2,3)4/h7-8,14-15,21H,5-6,9-13,20H2,1-4H3. The van der Waals surface area contributed by atoms with Crippen LogP contribution in [0.4, 0.5) is 11.4 Å².